The van der Waals surface area contributed by atoms with Crippen molar-refractivity contribution >= 4 is 5.97 Å². The summed E-state index contributed by atoms with van der Waals surface area (Å²) in [7, 11) is 0. The fraction of sp³-hybridized carbons (Fsp3) is 0.929. The molecule has 0 bridgehead atoms. The van der Waals surface area contributed by atoms with Crippen LogP contribution in [0.25, 0.3) is 0 Å². The molecule has 0 atom stereocenters. The lowest BCUT2D eigenvalue weighted by Gasteiger charge is -2.40. The van der Waals surface area contributed by atoms with Gasteiger partial charge in [-0.2, -0.15) is 13.2 Å². The number of hydrogen-bond donors (Lipinski definition) is 0. The van der Waals surface area contributed by atoms with Crippen LogP contribution in [0, 0.1) is 11.8 Å². The molecular formula is C14H21F5N2O2. The summed E-state index contributed by atoms with van der Waals surface area (Å²) in [5, 5.41) is 1.07. The quantitative estimate of drug-likeness (QED) is 0.694. The Bertz CT molecular complexity index is 391. The maximum absolute atomic E-state index is 12.2. The average Bonchev–Trinajstić information content (AvgIpc) is 2.41. The summed E-state index contributed by atoms with van der Waals surface area (Å²) in [5.74, 6) is -1.35. The fourth-order valence-corrected chi connectivity index (χ4v) is 3.13. The number of rotatable bonds is 6. The van der Waals surface area contributed by atoms with E-state index in [1.807, 2.05) is 0 Å². The fourth-order valence-electron chi connectivity index (χ4n) is 3.13. The number of likely N-dealkylation sites (tertiary alicyclic amines) is 1. The summed E-state index contributed by atoms with van der Waals surface area (Å²) in [6.45, 7) is 1.83. The predicted molar refractivity (Wildman–Crippen MR) is 71.6 cm³/mol. The minimum absolute atomic E-state index is 0.167. The minimum atomic E-state index is -4.97. The molecule has 0 amide bonds. The molecule has 0 radical (unpaired) electrons. The molecular weight excluding hydrogens is 323 g/mol. The predicted octanol–water partition coefficient (Wildman–Crippen LogP) is 2.70. The lowest BCUT2D eigenvalue weighted by molar-refractivity contribution is -0.242. The molecule has 4 nitrogen and oxygen atoms in total. The van der Waals surface area contributed by atoms with Crippen LogP contribution in [0.1, 0.15) is 25.7 Å². The Hall–Kier alpha value is -0.960. The van der Waals surface area contributed by atoms with Gasteiger partial charge in [-0.15, -0.1) is 5.06 Å². The van der Waals surface area contributed by atoms with Crippen molar-refractivity contribution in [1.82, 2.24) is 9.96 Å². The highest BCUT2D eigenvalue weighted by Gasteiger charge is 2.43. The van der Waals surface area contributed by atoms with E-state index in [4.69, 9.17) is 0 Å². The summed E-state index contributed by atoms with van der Waals surface area (Å²) in [6, 6.07) is 0. The van der Waals surface area contributed by atoms with Crippen LogP contribution >= 0.6 is 0 Å². The SMILES string of the molecule is O=C(ON1CCC(CCC2CN(CC(F)F)C2)CC1)C(F)(F)F. The summed E-state index contributed by atoms with van der Waals surface area (Å²) < 4.78 is 60.6. The van der Waals surface area contributed by atoms with Gasteiger partial charge in [-0.3, -0.25) is 4.90 Å². The van der Waals surface area contributed by atoms with Gasteiger partial charge in [-0.25, -0.2) is 13.6 Å². The molecule has 0 unspecified atom stereocenters. The molecule has 0 aromatic heterocycles. The van der Waals surface area contributed by atoms with E-state index in [1.54, 1.807) is 4.90 Å². The Balaban J connectivity index is 1.56. The van der Waals surface area contributed by atoms with Gasteiger partial charge in [0.25, 0.3) is 6.43 Å². The second-order valence-electron chi connectivity index (χ2n) is 6.30. The summed E-state index contributed by atoms with van der Waals surface area (Å²) in [4.78, 5) is 16.8. The third-order valence-electron chi connectivity index (χ3n) is 4.43. The third kappa shape index (κ3) is 5.87. The molecule has 2 aliphatic heterocycles. The normalized spacial score (nSPS) is 22.3. The molecule has 134 valence electrons. The van der Waals surface area contributed by atoms with Gasteiger partial charge in [0.15, 0.2) is 0 Å². The summed E-state index contributed by atoms with van der Waals surface area (Å²) in [5.41, 5.74) is 0. The summed E-state index contributed by atoms with van der Waals surface area (Å²) in [6.07, 6.45) is -4.01. The van der Waals surface area contributed by atoms with E-state index in [0.717, 1.165) is 17.9 Å². The van der Waals surface area contributed by atoms with Crippen LogP contribution in [0.4, 0.5) is 22.0 Å². The van der Waals surface area contributed by atoms with Crippen molar-refractivity contribution in [2.24, 2.45) is 11.8 Å². The average molecular weight is 344 g/mol. The van der Waals surface area contributed by atoms with Gasteiger partial charge in [0.1, 0.15) is 0 Å². The highest BCUT2D eigenvalue weighted by atomic mass is 19.4. The van der Waals surface area contributed by atoms with Gasteiger partial charge in [0.05, 0.1) is 6.54 Å². The van der Waals surface area contributed by atoms with E-state index in [2.05, 4.69) is 4.84 Å². The molecule has 9 heteroatoms. The molecule has 2 aliphatic rings. The van der Waals surface area contributed by atoms with Crippen molar-refractivity contribution in [3.8, 4) is 0 Å². The number of halogens is 5. The van der Waals surface area contributed by atoms with Crippen molar-refractivity contribution < 1.29 is 31.6 Å². The van der Waals surface area contributed by atoms with Crippen LogP contribution in [0.3, 0.4) is 0 Å². The zero-order valence-corrected chi connectivity index (χ0v) is 12.7. The van der Waals surface area contributed by atoms with Gasteiger partial charge < -0.3 is 4.84 Å². The van der Waals surface area contributed by atoms with E-state index < -0.39 is 18.6 Å². The summed E-state index contributed by atoms with van der Waals surface area (Å²) >= 11 is 0. The Labute approximate surface area is 131 Å². The molecule has 0 spiro atoms. The monoisotopic (exact) mass is 344 g/mol. The van der Waals surface area contributed by atoms with Crippen molar-refractivity contribution in [3.05, 3.63) is 0 Å². The number of carbonyl (C=O) groups is 1. The Morgan fingerprint density at radius 2 is 1.65 bits per heavy atom. The zero-order chi connectivity index (χ0) is 17.0. The van der Waals surface area contributed by atoms with Crippen LogP contribution < -0.4 is 0 Å². The van der Waals surface area contributed by atoms with Crippen LogP contribution in [0.15, 0.2) is 0 Å². The maximum Gasteiger partial charge on any atom is 0.492 e. The van der Waals surface area contributed by atoms with E-state index in [1.165, 1.54) is 0 Å². The number of hydroxylamine groups is 2. The van der Waals surface area contributed by atoms with Gasteiger partial charge in [0.2, 0.25) is 0 Å². The Kier molecular flexibility index (Phi) is 6.19. The molecule has 0 N–H and O–H groups in total. The third-order valence-corrected chi connectivity index (χ3v) is 4.43. The lowest BCUT2D eigenvalue weighted by Crippen LogP contribution is -2.48. The first kappa shape index (κ1) is 18.4. The standard InChI is InChI=1S/C14H21F5N2O2/c15-12(16)9-20-7-11(8-20)2-1-10-3-5-21(6-4-10)23-13(22)14(17,18)19/h10-12H,1-9H2. The van der Waals surface area contributed by atoms with E-state index in [0.29, 0.717) is 50.9 Å². The molecule has 0 aromatic carbocycles. The first-order chi connectivity index (χ1) is 10.7. The van der Waals surface area contributed by atoms with Crippen molar-refractivity contribution in [1.29, 1.82) is 0 Å². The smallest absolute Gasteiger partial charge is 0.361 e. The molecule has 2 rings (SSSR count). The number of hydrogen-bond acceptors (Lipinski definition) is 4. The van der Waals surface area contributed by atoms with Gasteiger partial charge in [-0.1, -0.05) is 0 Å². The number of carbonyl (C=O) groups excluding carboxylic acids is 1. The lowest BCUT2D eigenvalue weighted by atomic mass is 9.86. The Morgan fingerprint density at radius 3 is 2.17 bits per heavy atom. The second kappa shape index (κ2) is 7.74. The molecule has 23 heavy (non-hydrogen) atoms. The van der Waals surface area contributed by atoms with Gasteiger partial charge >= 0.3 is 12.1 Å². The van der Waals surface area contributed by atoms with E-state index in [-0.39, 0.29) is 6.54 Å². The molecule has 2 saturated heterocycles. The maximum atomic E-state index is 12.2. The number of nitrogens with zero attached hydrogens (tertiary/aromatic N) is 2. The van der Waals surface area contributed by atoms with Crippen LogP contribution in [0.5, 0.6) is 0 Å². The van der Waals surface area contributed by atoms with E-state index in [9.17, 15) is 26.7 Å². The van der Waals surface area contributed by atoms with Crippen LogP contribution in [-0.4, -0.2) is 61.3 Å². The minimum Gasteiger partial charge on any atom is -0.361 e. The second-order valence-corrected chi connectivity index (χ2v) is 6.30. The molecule has 0 saturated carbocycles. The molecule has 2 heterocycles. The number of piperidine rings is 1. The van der Waals surface area contributed by atoms with E-state index >= 15 is 0 Å². The largest absolute Gasteiger partial charge is 0.492 e. The first-order valence-electron chi connectivity index (χ1n) is 7.78. The zero-order valence-electron chi connectivity index (χ0n) is 12.7. The van der Waals surface area contributed by atoms with Crippen LogP contribution in [-0.2, 0) is 9.63 Å². The Morgan fingerprint density at radius 1 is 1.09 bits per heavy atom. The van der Waals surface area contributed by atoms with Gasteiger partial charge in [0, 0.05) is 26.2 Å². The molecule has 2 fully saturated rings. The molecule has 0 aromatic rings. The highest BCUT2D eigenvalue weighted by Crippen LogP contribution is 2.28. The highest BCUT2D eigenvalue weighted by molar-refractivity contribution is 5.75. The molecule has 0 aliphatic carbocycles. The van der Waals surface area contributed by atoms with Crippen molar-refractivity contribution in [2.75, 3.05) is 32.7 Å². The van der Waals surface area contributed by atoms with Crippen LogP contribution in [0.2, 0.25) is 0 Å². The first-order valence-corrected chi connectivity index (χ1v) is 7.78. The topological polar surface area (TPSA) is 32.8 Å². The van der Waals surface area contributed by atoms with Crippen molar-refractivity contribution in [3.63, 3.8) is 0 Å². The number of alkyl halides is 5. The van der Waals surface area contributed by atoms with Crippen molar-refractivity contribution in [2.45, 2.75) is 38.3 Å². The van der Waals surface area contributed by atoms with Gasteiger partial charge in [-0.05, 0) is 37.5 Å².